The molecule has 1 fully saturated rings. The number of aryl methyl sites for hydroxylation is 2. The molecule has 0 aliphatic carbocycles. The topological polar surface area (TPSA) is 94.5 Å². The van der Waals surface area contributed by atoms with Crippen LogP contribution in [0.25, 0.3) is 0 Å². The maximum absolute atomic E-state index is 12.8. The lowest BCUT2D eigenvalue weighted by atomic mass is 10.1. The zero-order chi connectivity index (χ0) is 23.4. The van der Waals surface area contributed by atoms with Crippen LogP contribution in [-0.4, -0.2) is 34.9 Å². The Morgan fingerprint density at radius 2 is 2.15 bits per heavy atom. The maximum atomic E-state index is 12.8. The van der Waals surface area contributed by atoms with Gasteiger partial charge in [0.05, 0.1) is 12.3 Å². The minimum atomic E-state index is -0.369. The number of anilines is 2. The fourth-order valence-corrected chi connectivity index (χ4v) is 3.64. The highest BCUT2D eigenvalue weighted by atomic mass is 35.5. The fraction of sp³-hybridized carbons (Fsp3) is 0.292. The molecule has 1 saturated heterocycles. The largest absolute Gasteiger partial charge is 0.453 e. The molecule has 0 bridgehead atoms. The summed E-state index contributed by atoms with van der Waals surface area (Å²) in [6.07, 6.45) is 3.49. The molecule has 0 saturated carbocycles. The predicted molar refractivity (Wildman–Crippen MR) is 127 cm³/mol. The van der Waals surface area contributed by atoms with Gasteiger partial charge in [-0.05, 0) is 61.7 Å². The van der Waals surface area contributed by atoms with Gasteiger partial charge in [0.2, 0.25) is 0 Å². The van der Waals surface area contributed by atoms with Crippen molar-refractivity contribution < 1.29 is 14.3 Å². The minimum Gasteiger partial charge on any atom is -0.453 e. The lowest BCUT2D eigenvalue weighted by molar-refractivity contribution is 0.0858. The molecule has 33 heavy (non-hydrogen) atoms. The molecule has 1 aliphatic heterocycles. The standard InChI is InChI=1S/C24H25ClN4O4/c1-15-11-18(8-9-20(15)25)33-21-14-27-29(2)24(31)22(21)28-17-6-3-5-16(12-17)23(30)26-13-19-7-4-10-32-19/h3,5-6,8-9,11-12,14,19,28H,4,7,10,13H2,1-2H3,(H,26,30). The van der Waals surface area contributed by atoms with Gasteiger partial charge in [-0.25, -0.2) is 4.68 Å². The number of ether oxygens (including phenoxy) is 2. The van der Waals surface area contributed by atoms with E-state index in [0.717, 1.165) is 25.0 Å². The van der Waals surface area contributed by atoms with Gasteiger partial charge in [0, 0.05) is 36.5 Å². The van der Waals surface area contributed by atoms with Crippen molar-refractivity contribution in [3.8, 4) is 11.5 Å². The second-order valence-corrected chi connectivity index (χ2v) is 8.28. The Morgan fingerprint density at radius 3 is 2.91 bits per heavy atom. The number of amides is 1. The number of benzene rings is 2. The van der Waals surface area contributed by atoms with Crippen LogP contribution in [0.1, 0.15) is 28.8 Å². The monoisotopic (exact) mass is 468 g/mol. The fourth-order valence-electron chi connectivity index (χ4n) is 3.52. The van der Waals surface area contributed by atoms with Crippen LogP contribution in [0.3, 0.4) is 0 Å². The third kappa shape index (κ3) is 5.53. The molecule has 1 aliphatic rings. The molecule has 0 spiro atoms. The lowest BCUT2D eigenvalue weighted by Crippen LogP contribution is -2.31. The molecule has 1 atom stereocenters. The van der Waals surface area contributed by atoms with Gasteiger partial charge < -0.3 is 20.1 Å². The Balaban J connectivity index is 1.55. The molecule has 8 nitrogen and oxygen atoms in total. The van der Waals surface area contributed by atoms with Crippen LogP contribution in [-0.2, 0) is 11.8 Å². The van der Waals surface area contributed by atoms with Crippen LogP contribution >= 0.6 is 11.6 Å². The van der Waals surface area contributed by atoms with Gasteiger partial charge in [0.25, 0.3) is 11.5 Å². The summed E-state index contributed by atoms with van der Waals surface area (Å²) in [6.45, 7) is 3.08. The number of carbonyl (C=O) groups excluding carboxylic acids is 1. The Labute approximate surface area is 196 Å². The first kappa shape index (κ1) is 22.8. The number of rotatable bonds is 7. The normalized spacial score (nSPS) is 15.3. The van der Waals surface area contributed by atoms with Crippen molar-refractivity contribution in [1.29, 1.82) is 0 Å². The second-order valence-electron chi connectivity index (χ2n) is 7.88. The van der Waals surface area contributed by atoms with Gasteiger partial charge in [-0.15, -0.1) is 0 Å². The van der Waals surface area contributed by atoms with Gasteiger partial charge in [0.15, 0.2) is 11.4 Å². The van der Waals surface area contributed by atoms with E-state index in [2.05, 4.69) is 15.7 Å². The number of nitrogens with one attached hydrogen (secondary N) is 2. The van der Waals surface area contributed by atoms with Gasteiger partial charge in [-0.1, -0.05) is 17.7 Å². The van der Waals surface area contributed by atoms with E-state index >= 15 is 0 Å². The molecule has 2 aromatic carbocycles. The molecule has 3 aromatic rings. The number of nitrogens with zero attached hydrogens (tertiary/aromatic N) is 2. The van der Waals surface area contributed by atoms with Crippen LogP contribution in [0, 0.1) is 6.92 Å². The minimum absolute atomic E-state index is 0.0614. The first-order chi connectivity index (χ1) is 15.9. The van der Waals surface area contributed by atoms with Crippen molar-refractivity contribution in [2.45, 2.75) is 25.9 Å². The summed E-state index contributed by atoms with van der Waals surface area (Å²) in [4.78, 5) is 25.4. The van der Waals surface area contributed by atoms with Crippen molar-refractivity contribution in [2.24, 2.45) is 7.05 Å². The molecule has 172 valence electrons. The van der Waals surface area contributed by atoms with E-state index in [-0.39, 0.29) is 29.0 Å². The van der Waals surface area contributed by atoms with Gasteiger partial charge in [-0.2, -0.15) is 5.10 Å². The van der Waals surface area contributed by atoms with Gasteiger partial charge in [-0.3, -0.25) is 9.59 Å². The zero-order valence-electron chi connectivity index (χ0n) is 18.4. The number of hydrogen-bond donors (Lipinski definition) is 2. The average molecular weight is 469 g/mol. The van der Waals surface area contributed by atoms with Crippen molar-refractivity contribution in [3.05, 3.63) is 75.2 Å². The average Bonchev–Trinajstić information content (AvgIpc) is 3.33. The molecule has 1 amide bonds. The molecule has 1 unspecified atom stereocenters. The highest BCUT2D eigenvalue weighted by molar-refractivity contribution is 6.31. The van der Waals surface area contributed by atoms with Crippen LogP contribution < -0.4 is 20.9 Å². The summed E-state index contributed by atoms with van der Waals surface area (Å²) >= 11 is 6.09. The number of halogens is 1. The van der Waals surface area contributed by atoms with Crippen LogP contribution in [0.4, 0.5) is 11.4 Å². The Hall–Kier alpha value is -3.36. The summed E-state index contributed by atoms with van der Waals surface area (Å²) in [6, 6.07) is 12.1. The van der Waals surface area contributed by atoms with Gasteiger partial charge in [0.1, 0.15) is 5.75 Å². The third-order valence-corrected chi connectivity index (χ3v) is 5.79. The predicted octanol–water partition coefficient (Wildman–Crippen LogP) is 4.19. The van der Waals surface area contributed by atoms with Crippen LogP contribution in [0.15, 0.2) is 53.5 Å². The Morgan fingerprint density at radius 1 is 1.30 bits per heavy atom. The van der Waals surface area contributed by atoms with Crippen LogP contribution in [0.5, 0.6) is 11.5 Å². The second kappa shape index (κ2) is 10.1. The van der Waals surface area contributed by atoms with Gasteiger partial charge >= 0.3 is 0 Å². The molecular formula is C24H25ClN4O4. The van der Waals surface area contributed by atoms with E-state index in [0.29, 0.717) is 28.6 Å². The van der Waals surface area contributed by atoms with Crippen molar-refractivity contribution >= 4 is 28.9 Å². The van der Waals surface area contributed by atoms with Crippen LogP contribution in [0.2, 0.25) is 5.02 Å². The number of aromatic nitrogens is 2. The highest BCUT2D eigenvalue weighted by Gasteiger charge is 2.18. The zero-order valence-corrected chi connectivity index (χ0v) is 19.2. The van der Waals surface area contributed by atoms with Crippen molar-refractivity contribution in [1.82, 2.24) is 15.1 Å². The lowest BCUT2D eigenvalue weighted by Gasteiger charge is -2.14. The number of carbonyl (C=O) groups is 1. The quantitative estimate of drug-likeness (QED) is 0.540. The summed E-state index contributed by atoms with van der Waals surface area (Å²) in [5.74, 6) is 0.579. The maximum Gasteiger partial charge on any atom is 0.294 e. The molecule has 9 heteroatoms. The van der Waals surface area contributed by atoms with E-state index in [9.17, 15) is 9.59 Å². The molecular weight excluding hydrogens is 444 g/mol. The first-order valence-electron chi connectivity index (χ1n) is 10.7. The Bertz CT molecular complexity index is 1220. The van der Waals surface area contributed by atoms with Crippen molar-refractivity contribution in [3.63, 3.8) is 0 Å². The SMILES string of the molecule is Cc1cc(Oc2cnn(C)c(=O)c2Nc2cccc(C(=O)NCC3CCCO3)c2)ccc1Cl. The Kier molecular flexibility index (Phi) is 6.96. The summed E-state index contributed by atoms with van der Waals surface area (Å²) in [5, 5.41) is 10.7. The smallest absolute Gasteiger partial charge is 0.294 e. The third-order valence-electron chi connectivity index (χ3n) is 5.37. The van der Waals surface area contributed by atoms with E-state index < -0.39 is 0 Å². The van der Waals surface area contributed by atoms with E-state index in [1.165, 1.54) is 10.9 Å². The molecule has 1 aromatic heterocycles. The van der Waals surface area contributed by atoms with Crippen molar-refractivity contribution in [2.75, 3.05) is 18.5 Å². The highest BCUT2D eigenvalue weighted by Crippen LogP contribution is 2.30. The molecule has 0 radical (unpaired) electrons. The van der Waals surface area contributed by atoms with E-state index in [4.69, 9.17) is 21.1 Å². The summed E-state index contributed by atoms with van der Waals surface area (Å²) < 4.78 is 12.7. The first-order valence-corrected chi connectivity index (χ1v) is 11.1. The van der Waals surface area contributed by atoms with E-state index in [1.54, 1.807) is 49.5 Å². The number of hydrogen-bond acceptors (Lipinski definition) is 6. The summed E-state index contributed by atoms with van der Waals surface area (Å²) in [5.41, 5.74) is 1.73. The summed E-state index contributed by atoms with van der Waals surface area (Å²) in [7, 11) is 1.55. The molecule has 2 N–H and O–H groups in total. The molecule has 2 heterocycles. The van der Waals surface area contributed by atoms with E-state index in [1.807, 2.05) is 6.92 Å². The molecule has 4 rings (SSSR count).